The van der Waals surface area contributed by atoms with E-state index in [9.17, 15) is 13.2 Å². The van der Waals surface area contributed by atoms with Gasteiger partial charge in [-0.2, -0.15) is 0 Å². The average Bonchev–Trinajstić information content (AvgIpc) is 3.39. The Morgan fingerprint density at radius 1 is 0.833 bits per heavy atom. The molecular formula is C23H38F3N3S. The molecule has 12 unspecified atom stereocenters. The predicted molar refractivity (Wildman–Crippen MR) is 117 cm³/mol. The van der Waals surface area contributed by atoms with E-state index in [0.29, 0.717) is 24.0 Å². The van der Waals surface area contributed by atoms with Gasteiger partial charge in [-0.05, 0) is 62.2 Å². The second-order valence-corrected chi connectivity index (χ2v) is 11.9. The maximum atomic E-state index is 14.4. The molecule has 0 aromatic heterocycles. The normalized spacial score (nSPS) is 54.0. The van der Waals surface area contributed by atoms with Crippen molar-refractivity contribution in [1.82, 2.24) is 16.0 Å². The first-order valence-electron chi connectivity index (χ1n) is 12.4. The van der Waals surface area contributed by atoms with Gasteiger partial charge in [-0.3, -0.25) is 0 Å². The molecule has 3 aliphatic heterocycles. The van der Waals surface area contributed by atoms with Crippen molar-refractivity contribution in [2.75, 3.05) is 13.1 Å². The van der Waals surface area contributed by atoms with E-state index in [1.807, 2.05) is 0 Å². The average molecular weight is 446 g/mol. The summed E-state index contributed by atoms with van der Waals surface area (Å²) in [6.07, 6.45) is 3.48. The van der Waals surface area contributed by atoms with E-state index in [0.717, 1.165) is 30.1 Å². The summed E-state index contributed by atoms with van der Waals surface area (Å²) in [6.45, 7) is 4.09. The summed E-state index contributed by atoms with van der Waals surface area (Å²) in [5, 5.41) is 12.2. The number of fused-ring (bicyclic) bond motifs is 2. The summed E-state index contributed by atoms with van der Waals surface area (Å²) in [6, 6.07) is 0.338. The van der Waals surface area contributed by atoms with Crippen LogP contribution in [-0.2, 0) is 0 Å². The summed E-state index contributed by atoms with van der Waals surface area (Å²) in [7, 11) is 0. The molecule has 2 aliphatic carbocycles. The Morgan fingerprint density at radius 2 is 1.67 bits per heavy atom. The van der Waals surface area contributed by atoms with Crippen LogP contribution in [-0.4, -0.2) is 60.4 Å². The molecule has 0 radical (unpaired) electrons. The van der Waals surface area contributed by atoms with Gasteiger partial charge in [0.25, 0.3) is 0 Å². The number of hydrogen-bond donors (Lipinski definition) is 3. The van der Waals surface area contributed by atoms with Crippen molar-refractivity contribution in [2.45, 2.75) is 106 Å². The van der Waals surface area contributed by atoms with Crippen molar-refractivity contribution in [3.05, 3.63) is 0 Å². The first-order valence-corrected chi connectivity index (χ1v) is 13.3. The monoisotopic (exact) mass is 445 g/mol. The molecule has 0 aromatic carbocycles. The molecule has 30 heavy (non-hydrogen) atoms. The van der Waals surface area contributed by atoms with Crippen LogP contribution in [0.5, 0.6) is 0 Å². The van der Waals surface area contributed by atoms with Crippen molar-refractivity contribution >= 4 is 11.8 Å². The number of hydrogen-bond acceptors (Lipinski definition) is 4. The number of alkyl halides is 3. The summed E-state index contributed by atoms with van der Waals surface area (Å²) in [5.41, 5.74) is 0. The molecule has 3 saturated heterocycles. The molecule has 0 bridgehead atoms. The van der Waals surface area contributed by atoms with Crippen molar-refractivity contribution < 1.29 is 13.2 Å². The molecule has 12 atom stereocenters. The number of thioether (sulfide) groups is 1. The number of rotatable bonds is 4. The zero-order valence-corrected chi connectivity index (χ0v) is 18.9. The predicted octanol–water partition coefficient (Wildman–Crippen LogP) is 3.98. The van der Waals surface area contributed by atoms with E-state index < -0.39 is 24.6 Å². The molecule has 0 amide bonds. The van der Waals surface area contributed by atoms with E-state index in [1.54, 1.807) is 0 Å². The number of halogens is 3. The quantitative estimate of drug-likeness (QED) is 0.612. The maximum Gasteiger partial charge on any atom is 0.164 e. The third kappa shape index (κ3) is 3.94. The van der Waals surface area contributed by atoms with Gasteiger partial charge < -0.3 is 16.0 Å². The zero-order chi connectivity index (χ0) is 20.8. The Kier molecular flexibility index (Phi) is 6.63. The Hall–Kier alpha value is 0.0200. The number of nitrogens with one attached hydrogen (secondary N) is 3. The van der Waals surface area contributed by atoms with Gasteiger partial charge in [-0.25, -0.2) is 13.2 Å². The molecular weight excluding hydrogens is 407 g/mol. The SMILES string of the molecule is CCCC1NCC(C2CCCC3NC(C4CNC5C(F)C(F)C(F)CC45)CCC32)S1. The van der Waals surface area contributed by atoms with Gasteiger partial charge >= 0.3 is 0 Å². The first-order chi connectivity index (χ1) is 14.6. The van der Waals surface area contributed by atoms with Crippen LogP contribution < -0.4 is 16.0 Å². The van der Waals surface area contributed by atoms with Gasteiger partial charge in [0.2, 0.25) is 0 Å². The van der Waals surface area contributed by atoms with E-state index in [1.165, 1.54) is 38.5 Å². The van der Waals surface area contributed by atoms with E-state index in [4.69, 9.17) is 0 Å². The molecule has 3 heterocycles. The lowest BCUT2D eigenvalue weighted by Gasteiger charge is -2.48. The standard InChI is InChI=1S/C23H38F3N3S/c1-2-4-20-27-11-19(30-20)13-5-3-6-17-12(13)7-8-18(29-17)15-10-28-23-14(15)9-16(24)21(25)22(23)26/h12-23,27-29H,2-11H2,1H3. The Morgan fingerprint density at radius 3 is 2.50 bits per heavy atom. The first kappa shape index (κ1) is 21.8. The Balaban J connectivity index is 1.22. The van der Waals surface area contributed by atoms with E-state index >= 15 is 0 Å². The molecule has 172 valence electrons. The van der Waals surface area contributed by atoms with Crippen molar-refractivity contribution in [3.8, 4) is 0 Å². The highest BCUT2D eigenvalue weighted by atomic mass is 32.2. The molecule has 2 saturated carbocycles. The summed E-state index contributed by atoms with van der Waals surface area (Å²) in [4.78, 5) is 0. The second kappa shape index (κ2) is 9.11. The van der Waals surface area contributed by atoms with Crippen LogP contribution in [0.2, 0.25) is 0 Å². The van der Waals surface area contributed by atoms with Crippen LogP contribution in [0.25, 0.3) is 0 Å². The third-order valence-electron chi connectivity index (χ3n) is 8.88. The van der Waals surface area contributed by atoms with Gasteiger partial charge in [0, 0.05) is 36.5 Å². The van der Waals surface area contributed by atoms with Crippen molar-refractivity contribution in [2.24, 2.45) is 23.7 Å². The fourth-order valence-corrected chi connectivity index (χ4v) is 9.15. The summed E-state index contributed by atoms with van der Waals surface area (Å²) >= 11 is 2.17. The third-order valence-corrected chi connectivity index (χ3v) is 10.5. The molecule has 5 aliphatic rings. The fourth-order valence-electron chi connectivity index (χ4n) is 7.43. The molecule has 3 nitrogen and oxygen atoms in total. The molecule has 5 rings (SSSR count). The van der Waals surface area contributed by atoms with Crippen molar-refractivity contribution in [3.63, 3.8) is 0 Å². The summed E-state index contributed by atoms with van der Waals surface area (Å²) < 4.78 is 42.4. The topological polar surface area (TPSA) is 36.1 Å². The fraction of sp³-hybridized carbons (Fsp3) is 1.00. The molecule has 5 fully saturated rings. The van der Waals surface area contributed by atoms with Gasteiger partial charge in [0.15, 0.2) is 6.17 Å². The lowest BCUT2D eigenvalue weighted by atomic mass is 9.66. The minimum atomic E-state index is -1.96. The Bertz CT molecular complexity index is 598. The lowest BCUT2D eigenvalue weighted by Crippen LogP contribution is -2.57. The van der Waals surface area contributed by atoms with Crippen LogP contribution in [0.3, 0.4) is 0 Å². The highest BCUT2D eigenvalue weighted by molar-refractivity contribution is 8.00. The number of piperidine rings is 1. The highest BCUT2D eigenvalue weighted by Crippen LogP contribution is 2.47. The smallest absolute Gasteiger partial charge is 0.164 e. The van der Waals surface area contributed by atoms with E-state index in [2.05, 4.69) is 34.6 Å². The summed E-state index contributed by atoms with van der Waals surface area (Å²) in [5.74, 6) is 1.64. The minimum absolute atomic E-state index is 0.0835. The van der Waals surface area contributed by atoms with Crippen molar-refractivity contribution in [1.29, 1.82) is 0 Å². The zero-order valence-electron chi connectivity index (χ0n) is 18.0. The second-order valence-electron chi connectivity index (χ2n) is 10.5. The molecule has 0 spiro atoms. The van der Waals surface area contributed by atoms with Gasteiger partial charge in [-0.15, -0.1) is 11.8 Å². The van der Waals surface area contributed by atoms with Crippen LogP contribution in [0.4, 0.5) is 13.2 Å². The van der Waals surface area contributed by atoms with Crippen LogP contribution in [0.1, 0.15) is 58.3 Å². The molecule has 0 aromatic rings. The molecule has 7 heteroatoms. The molecule has 3 N–H and O–H groups in total. The lowest BCUT2D eigenvalue weighted by molar-refractivity contribution is -0.00885. The van der Waals surface area contributed by atoms with Gasteiger partial charge in [0.1, 0.15) is 12.3 Å². The van der Waals surface area contributed by atoms with Gasteiger partial charge in [0.05, 0.1) is 5.37 Å². The van der Waals surface area contributed by atoms with Crippen LogP contribution in [0, 0.1) is 23.7 Å². The largest absolute Gasteiger partial charge is 0.311 e. The highest BCUT2D eigenvalue weighted by Gasteiger charge is 2.54. The van der Waals surface area contributed by atoms with Crippen LogP contribution >= 0.6 is 11.8 Å². The van der Waals surface area contributed by atoms with Gasteiger partial charge in [-0.1, -0.05) is 19.8 Å². The van der Waals surface area contributed by atoms with Crippen LogP contribution in [0.15, 0.2) is 0 Å². The minimum Gasteiger partial charge on any atom is -0.311 e. The maximum absolute atomic E-state index is 14.4. The van der Waals surface area contributed by atoms with E-state index in [-0.39, 0.29) is 18.3 Å². The Labute approximate surface area is 183 Å².